The van der Waals surface area contributed by atoms with Crippen molar-refractivity contribution in [2.24, 2.45) is 7.05 Å². The number of nitrogens with one attached hydrogen (secondary N) is 1. The Hall–Kier alpha value is -0.870. The van der Waals surface area contributed by atoms with E-state index in [-0.39, 0.29) is 6.61 Å². The van der Waals surface area contributed by atoms with Gasteiger partial charge in [-0.3, -0.25) is 0 Å². The third-order valence-electron chi connectivity index (χ3n) is 1.97. The molecule has 0 fully saturated rings. The highest BCUT2D eigenvalue weighted by Crippen LogP contribution is 1.93. The molecule has 13 heavy (non-hydrogen) atoms. The Kier molecular flexibility index (Phi) is 4.49. The molecule has 0 aliphatic heterocycles. The fourth-order valence-electron chi connectivity index (χ4n) is 1.13. The van der Waals surface area contributed by atoms with Crippen LogP contribution in [0.1, 0.15) is 18.7 Å². The SMILES string of the molecule is Cn1ccnc1CNCCCCO. The predicted octanol–water partition coefficient (Wildman–Crippen LogP) is 0.282. The van der Waals surface area contributed by atoms with E-state index in [9.17, 15) is 0 Å². The lowest BCUT2D eigenvalue weighted by atomic mass is 10.3. The fraction of sp³-hybridized carbons (Fsp3) is 0.667. The summed E-state index contributed by atoms with van der Waals surface area (Å²) >= 11 is 0. The van der Waals surface area contributed by atoms with Gasteiger partial charge in [0.1, 0.15) is 5.82 Å². The lowest BCUT2D eigenvalue weighted by molar-refractivity contribution is 0.283. The lowest BCUT2D eigenvalue weighted by Gasteiger charge is -2.03. The van der Waals surface area contributed by atoms with Crippen molar-refractivity contribution in [1.29, 1.82) is 0 Å². The molecular formula is C9H17N3O. The number of aryl methyl sites for hydroxylation is 1. The lowest BCUT2D eigenvalue weighted by Crippen LogP contribution is -2.17. The molecule has 1 aromatic rings. The fourth-order valence-corrected chi connectivity index (χ4v) is 1.13. The van der Waals surface area contributed by atoms with Crippen LogP contribution in [0.4, 0.5) is 0 Å². The van der Waals surface area contributed by atoms with Gasteiger partial charge in [0.05, 0.1) is 6.54 Å². The molecule has 4 nitrogen and oxygen atoms in total. The minimum Gasteiger partial charge on any atom is -0.396 e. The molecule has 0 saturated carbocycles. The molecule has 1 aromatic heterocycles. The normalized spacial score (nSPS) is 10.6. The van der Waals surface area contributed by atoms with Crippen LogP contribution in [0.5, 0.6) is 0 Å². The van der Waals surface area contributed by atoms with E-state index in [0.29, 0.717) is 0 Å². The van der Waals surface area contributed by atoms with Crippen molar-refractivity contribution in [2.45, 2.75) is 19.4 Å². The van der Waals surface area contributed by atoms with Crippen molar-refractivity contribution < 1.29 is 5.11 Å². The van der Waals surface area contributed by atoms with Crippen LogP contribution in [0, 0.1) is 0 Å². The van der Waals surface area contributed by atoms with Gasteiger partial charge in [-0.15, -0.1) is 0 Å². The van der Waals surface area contributed by atoms with Gasteiger partial charge >= 0.3 is 0 Å². The molecule has 4 heteroatoms. The molecule has 2 N–H and O–H groups in total. The van der Waals surface area contributed by atoms with E-state index in [4.69, 9.17) is 5.11 Å². The molecule has 0 saturated heterocycles. The summed E-state index contributed by atoms with van der Waals surface area (Å²) in [6, 6.07) is 0. The highest BCUT2D eigenvalue weighted by molar-refractivity contribution is 4.90. The number of aliphatic hydroxyl groups is 1. The second kappa shape index (κ2) is 5.72. The Morgan fingerprint density at radius 1 is 1.54 bits per heavy atom. The third kappa shape index (κ3) is 3.57. The maximum absolute atomic E-state index is 8.55. The molecule has 0 unspecified atom stereocenters. The summed E-state index contributed by atoms with van der Waals surface area (Å²) in [5, 5.41) is 11.8. The molecule has 0 bridgehead atoms. The second-order valence-corrected chi connectivity index (χ2v) is 3.06. The van der Waals surface area contributed by atoms with E-state index in [1.54, 1.807) is 6.20 Å². The van der Waals surface area contributed by atoms with E-state index >= 15 is 0 Å². The van der Waals surface area contributed by atoms with Gasteiger partial charge < -0.3 is 15.0 Å². The first-order chi connectivity index (χ1) is 6.34. The van der Waals surface area contributed by atoms with Gasteiger partial charge in [-0.1, -0.05) is 0 Å². The monoisotopic (exact) mass is 183 g/mol. The molecule has 1 heterocycles. The Bertz CT molecular complexity index is 235. The summed E-state index contributed by atoms with van der Waals surface area (Å²) in [5.41, 5.74) is 0. The molecule has 0 aromatic carbocycles. The van der Waals surface area contributed by atoms with Gasteiger partial charge in [-0.25, -0.2) is 4.98 Å². The van der Waals surface area contributed by atoms with Crippen molar-refractivity contribution in [3.8, 4) is 0 Å². The number of nitrogens with zero attached hydrogens (tertiary/aromatic N) is 2. The smallest absolute Gasteiger partial charge is 0.122 e. The molecule has 1 rings (SSSR count). The first-order valence-electron chi connectivity index (χ1n) is 4.62. The Morgan fingerprint density at radius 3 is 3.00 bits per heavy atom. The number of aromatic nitrogens is 2. The van der Waals surface area contributed by atoms with Crippen molar-refractivity contribution in [2.75, 3.05) is 13.2 Å². The topological polar surface area (TPSA) is 50.1 Å². The zero-order valence-electron chi connectivity index (χ0n) is 8.03. The van der Waals surface area contributed by atoms with E-state index in [0.717, 1.165) is 31.8 Å². The largest absolute Gasteiger partial charge is 0.396 e. The number of imidazole rings is 1. The highest BCUT2D eigenvalue weighted by Gasteiger charge is 1.96. The molecule has 0 radical (unpaired) electrons. The molecular weight excluding hydrogens is 166 g/mol. The molecule has 0 atom stereocenters. The molecule has 0 aliphatic carbocycles. The van der Waals surface area contributed by atoms with Gasteiger partial charge in [0.2, 0.25) is 0 Å². The van der Waals surface area contributed by atoms with Crippen LogP contribution in [-0.2, 0) is 13.6 Å². The highest BCUT2D eigenvalue weighted by atomic mass is 16.2. The number of hydrogen-bond acceptors (Lipinski definition) is 3. The minimum absolute atomic E-state index is 0.282. The average Bonchev–Trinajstić information content (AvgIpc) is 2.52. The standard InChI is InChI=1S/C9H17N3O/c1-12-6-5-11-9(12)8-10-4-2-3-7-13/h5-6,10,13H,2-4,7-8H2,1H3. The van der Waals surface area contributed by atoms with Crippen molar-refractivity contribution in [3.63, 3.8) is 0 Å². The van der Waals surface area contributed by atoms with Crippen LogP contribution in [0.25, 0.3) is 0 Å². The van der Waals surface area contributed by atoms with E-state index in [2.05, 4.69) is 10.3 Å². The molecule has 0 aliphatic rings. The van der Waals surface area contributed by atoms with E-state index < -0.39 is 0 Å². The molecule has 0 amide bonds. The van der Waals surface area contributed by atoms with Crippen LogP contribution in [-0.4, -0.2) is 27.8 Å². The van der Waals surface area contributed by atoms with Crippen LogP contribution >= 0.6 is 0 Å². The van der Waals surface area contributed by atoms with E-state index in [1.165, 1.54) is 0 Å². The number of hydrogen-bond donors (Lipinski definition) is 2. The van der Waals surface area contributed by atoms with Crippen molar-refractivity contribution in [1.82, 2.24) is 14.9 Å². The molecule has 74 valence electrons. The zero-order valence-corrected chi connectivity index (χ0v) is 8.03. The van der Waals surface area contributed by atoms with E-state index in [1.807, 2.05) is 17.8 Å². The van der Waals surface area contributed by atoms with Gasteiger partial charge in [0, 0.05) is 26.0 Å². The average molecular weight is 183 g/mol. The van der Waals surface area contributed by atoms with Gasteiger partial charge in [-0.2, -0.15) is 0 Å². The Labute approximate surface area is 78.6 Å². The summed E-state index contributed by atoms with van der Waals surface area (Å²) in [6.45, 7) is 2.02. The maximum atomic E-state index is 8.55. The van der Waals surface area contributed by atoms with Crippen LogP contribution in [0.3, 0.4) is 0 Å². The Morgan fingerprint density at radius 2 is 2.38 bits per heavy atom. The summed E-state index contributed by atoms with van der Waals surface area (Å²) in [7, 11) is 1.98. The van der Waals surface area contributed by atoms with Crippen molar-refractivity contribution >= 4 is 0 Å². The summed E-state index contributed by atoms with van der Waals surface area (Å²) < 4.78 is 2.00. The van der Waals surface area contributed by atoms with Gasteiger partial charge in [0.15, 0.2) is 0 Å². The number of rotatable bonds is 6. The minimum atomic E-state index is 0.282. The van der Waals surface area contributed by atoms with Crippen LogP contribution in [0.15, 0.2) is 12.4 Å². The maximum Gasteiger partial charge on any atom is 0.122 e. The van der Waals surface area contributed by atoms with Gasteiger partial charge in [-0.05, 0) is 19.4 Å². The van der Waals surface area contributed by atoms with Crippen molar-refractivity contribution in [3.05, 3.63) is 18.2 Å². The number of unbranched alkanes of at least 4 members (excludes halogenated alkanes) is 1. The summed E-state index contributed by atoms with van der Waals surface area (Å²) in [5.74, 6) is 1.05. The molecule has 0 spiro atoms. The number of aliphatic hydroxyl groups excluding tert-OH is 1. The Balaban J connectivity index is 2.10. The summed E-state index contributed by atoms with van der Waals surface area (Å²) in [6.07, 6.45) is 5.62. The van der Waals surface area contributed by atoms with Crippen LogP contribution < -0.4 is 5.32 Å². The zero-order chi connectivity index (χ0) is 9.52. The summed E-state index contributed by atoms with van der Waals surface area (Å²) in [4.78, 5) is 4.18. The van der Waals surface area contributed by atoms with Gasteiger partial charge in [0.25, 0.3) is 0 Å². The first-order valence-corrected chi connectivity index (χ1v) is 4.62. The first kappa shape index (κ1) is 10.2. The quantitative estimate of drug-likeness (QED) is 0.623. The third-order valence-corrected chi connectivity index (χ3v) is 1.97. The second-order valence-electron chi connectivity index (χ2n) is 3.06. The van der Waals surface area contributed by atoms with Crippen LogP contribution in [0.2, 0.25) is 0 Å². The predicted molar refractivity (Wildman–Crippen MR) is 51.2 cm³/mol.